The number of hydrogen-bond donors (Lipinski definition) is 1. The molecule has 2 aliphatic rings. The van der Waals surface area contributed by atoms with E-state index in [1.54, 1.807) is 0 Å². The van der Waals surface area contributed by atoms with Crippen molar-refractivity contribution in [3.8, 4) is 0 Å². The Labute approximate surface area is 121 Å². The maximum Gasteiger partial charge on any atom is 0.211 e. The van der Waals surface area contributed by atoms with Crippen molar-refractivity contribution in [2.75, 3.05) is 13.1 Å². The van der Waals surface area contributed by atoms with Crippen LogP contribution in [-0.2, 0) is 0 Å². The van der Waals surface area contributed by atoms with Gasteiger partial charge < -0.3 is 9.73 Å². The molecule has 1 aromatic rings. The van der Waals surface area contributed by atoms with Crippen molar-refractivity contribution in [2.45, 2.75) is 58.7 Å². The third-order valence-electron chi connectivity index (χ3n) is 4.88. The van der Waals surface area contributed by atoms with E-state index < -0.39 is 0 Å². The SMILES string of the molecule is Cc1cnc(C(C)N2CC(C3CC3)NCC2C(C)C)o1. The fourth-order valence-corrected chi connectivity index (χ4v) is 3.40. The monoisotopic (exact) mass is 277 g/mol. The van der Waals surface area contributed by atoms with E-state index in [4.69, 9.17) is 4.42 Å². The number of hydrogen-bond acceptors (Lipinski definition) is 4. The first kappa shape index (κ1) is 14.1. The Balaban J connectivity index is 1.77. The van der Waals surface area contributed by atoms with Gasteiger partial charge in [0.1, 0.15) is 5.76 Å². The van der Waals surface area contributed by atoms with Crippen LogP contribution in [0.4, 0.5) is 0 Å². The van der Waals surface area contributed by atoms with Crippen LogP contribution in [0.15, 0.2) is 10.6 Å². The number of rotatable bonds is 4. The normalized spacial score (nSPS) is 29.9. The first-order valence-electron chi connectivity index (χ1n) is 7.97. The molecule has 1 N–H and O–H groups in total. The molecule has 1 saturated heterocycles. The van der Waals surface area contributed by atoms with Gasteiger partial charge in [0.15, 0.2) is 0 Å². The smallest absolute Gasteiger partial charge is 0.211 e. The molecule has 1 aromatic heterocycles. The molecule has 0 aromatic carbocycles. The van der Waals surface area contributed by atoms with Gasteiger partial charge in [-0.15, -0.1) is 0 Å². The molecule has 3 atom stereocenters. The standard InChI is InChI=1S/C16H27N3O/c1-10(2)15-8-17-14(13-5-6-13)9-19(15)12(4)16-18-7-11(3)20-16/h7,10,12-15,17H,5-6,8-9H2,1-4H3. The molecule has 3 rings (SSSR count). The second-order valence-corrected chi connectivity index (χ2v) is 6.85. The minimum absolute atomic E-state index is 0.263. The van der Waals surface area contributed by atoms with Crippen molar-refractivity contribution in [1.29, 1.82) is 0 Å². The highest BCUT2D eigenvalue weighted by molar-refractivity contribution is 5.01. The summed E-state index contributed by atoms with van der Waals surface area (Å²) >= 11 is 0. The fraction of sp³-hybridized carbons (Fsp3) is 0.812. The molecule has 0 spiro atoms. The van der Waals surface area contributed by atoms with E-state index in [1.807, 2.05) is 13.1 Å². The van der Waals surface area contributed by atoms with Crippen molar-refractivity contribution >= 4 is 0 Å². The average molecular weight is 277 g/mol. The van der Waals surface area contributed by atoms with Crippen LogP contribution in [-0.4, -0.2) is 35.1 Å². The molecule has 112 valence electrons. The van der Waals surface area contributed by atoms with Crippen molar-refractivity contribution in [2.24, 2.45) is 11.8 Å². The second-order valence-electron chi connectivity index (χ2n) is 6.85. The summed E-state index contributed by atoms with van der Waals surface area (Å²) < 4.78 is 5.76. The second kappa shape index (κ2) is 5.49. The molecular formula is C16H27N3O. The molecule has 0 radical (unpaired) electrons. The number of aryl methyl sites for hydroxylation is 1. The quantitative estimate of drug-likeness (QED) is 0.919. The van der Waals surface area contributed by atoms with Crippen molar-refractivity contribution in [3.05, 3.63) is 17.8 Å². The van der Waals surface area contributed by atoms with Crippen LogP contribution in [0, 0.1) is 18.8 Å². The van der Waals surface area contributed by atoms with Crippen LogP contribution >= 0.6 is 0 Å². The molecule has 1 aliphatic heterocycles. The molecule has 2 heterocycles. The Hall–Kier alpha value is -0.870. The molecule has 20 heavy (non-hydrogen) atoms. The summed E-state index contributed by atoms with van der Waals surface area (Å²) in [7, 11) is 0. The third-order valence-corrected chi connectivity index (χ3v) is 4.88. The molecule has 1 saturated carbocycles. The maximum atomic E-state index is 5.76. The minimum Gasteiger partial charge on any atom is -0.444 e. The predicted octanol–water partition coefficient (Wildman–Crippen LogP) is 2.75. The molecule has 0 bridgehead atoms. The minimum atomic E-state index is 0.263. The van der Waals surface area contributed by atoms with Gasteiger partial charge in [0, 0.05) is 25.2 Å². The summed E-state index contributed by atoms with van der Waals surface area (Å²) in [5.41, 5.74) is 0. The Morgan fingerprint density at radius 1 is 1.35 bits per heavy atom. The summed E-state index contributed by atoms with van der Waals surface area (Å²) in [6.45, 7) is 11.0. The largest absolute Gasteiger partial charge is 0.444 e. The van der Waals surface area contributed by atoms with Crippen LogP contribution < -0.4 is 5.32 Å². The van der Waals surface area contributed by atoms with Gasteiger partial charge in [0.25, 0.3) is 0 Å². The number of piperazine rings is 1. The lowest BCUT2D eigenvalue weighted by molar-refractivity contribution is 0.0462. The van der Waals surface area contributed by atoms with Crippen molar-refractivity contribution in [1.82, 2.24) is 15.2 Å². The summed E-state index contributed by atoms with van der Waals surface area (Å²) in [6.07, 6.45) is 4.62. The van der Waals surface area contributed by atoms with Crippen LogP contribution in [0.2, 0.25) is 0 Å². The van der Waals surface area contributed by atoms with Crippen LogP contribution in [0.25, 0.3) is 0 Å². The zero-order valence-electron chi connectivity index (χ0n) is 13.1. The third kappa shape index (κ3) is 2.77. The van der Waals surface area contributed by atoms with E-state index in [0.717, 1.165) is 30.7 Å². The highest BCUT2D eigenvalue weighted by Gasteiger charge is 2.40. The van der Waals surface area contributed by atoms with E-state index in [-0.39, 0.29) is 6.04 Å². The molecule has 1 aliphatic carbocycles. The molecule has 0 amide bonds. The Morgan fingerprint density at radius 2 is 2.10 bits per heavy atom. The summed E-state index contributed by atoms with van der Waals surface area (Å²) in [5, 5.41) is 3.76. The van der Waals surface area contributed by atoms with Gasteiger partial charge in [0.05, 0.1) is 12.2 Å². The van der Waals surface area contributed by atoms with Gasteiger partial charge in [-0.05, 0) is 38.5 Å². The number of aromatic nitrogens is 1. The number of oxazole rings is 1. The van der Waals surface area contributed by atoms with E-state index in [2.05, 4.69) is 36.0 Å². The van der Waals surface area contributed by atoms with Gasteiger partial charge in [-0.2, -0.15) is 0 Å². The summed E-state index contributed by atoms with van der Waals surface area (Å²) in [4.78, 5) is 7.05. The van der Waals surface area contributed by atoms with E-state index in [0.29, 0.717) is 18.0 Å². The first-order chi connectivity index (χ1) is 9.56. The highest BCUT2D eigenvalue weighted by Crippen LogP contribution is 2.36. The van der Waals surface area contributed by atoms with Crippen molar-refractivity contribution in [3.63, 3.8) is 0 Å². The lowest BCUT2D eigenvalue weighted by Gasteiger charge is -2.44. The summed E-state index contributed by atoms with van der Waals surface area (Å²) in [5.74, 6) is 3.30. The number of nitrogens with zero attached hydrogens (tertiary/aromatic N) is 2. The topological polar surface area (TPSA) is 41.3 Å². The Kier molecular flexibility index (Phi) is 3.87. The number of nitrogens with one attached hydrogen (secondary N) is 1. The lowest BCUT2D eigenvalue weighted by Crippen LogP contribution is -2.59. The van der Waals surface area contributed by atoms with Gasteiger partial charge in [-0.1, -0.05) is 13.8 Å². The van der Waals surface area contributed by atoms with Gasteiger partial charge in [-0.25, -0.2) is 4.98 Å². The molecule has 4 nitrogen and oxygen atoms in total. The van der Waals surface area contributed by atoms with E-state index >= 15 is 0 Å². The Bertz CT molecular complexity index is 452. The van der Waals surface area contributed by atoms with E-state index in [1.165, 1.54) is 12.8 Å². The van der Waals surface area contributed by atoms with Crippen molar-refractivity contribution < 1.29 is 4.42 Å². The van der Waals surface area contributed by atoms with E-state index in [9.17, 15) is 0 Å². The lowest BCUT2D eigenvalue weighted by atomic mass is 9.95. The van der Waals surface area contributed by atoms with Gasteiger partial charge in [0.2, 0.25) is 5.89 Å². The first-order valence-corrected chi connectivity index (χ1v) is 7.97. The average Bonchev–Trinajstić information content (AvgIpc) is 3.19. The Morgan fingerprint density at radius 3 is 2.65 bits per heavy atom. The zero-order valence-corrected chi connectivity index (χ0v) is 13.1. The predicted molar refractivity (Wildman–Crippen MR) is 79.5 cm³/mol. The zero-order chi connectivity index (χ0) is 14.3. The molecule has 2 fully saturated rings. The highest BCUT2D eigenvalue weighted by atomic mass is 16.4. The molecule has 3 unspecified atom stereocenters. The maximum absolute atomic E-state index is 5.76. The van der Waals surface area contributed by atoms with Crippen LogP contribution in [0.3, 0.4) is 0 Å². The van der Waals surface area contributed by atoms with Crippen LogP contribution in [0.5, 0.6) is 0 Å². The fourth-order valence-electron chi connectivity index (χ4n) is 3.40. The van der Waals surface area contributed by atoms with Crippen LogP contribution in [0.1, 0.15) is 51.3 Å². The summed E-state index contributed by atoms with van der Waals surface area (Å²) in [6, 6.07) is 1.48. The molecule has 4 heteroatoms. The molecular weight excluding hydrogens is 250 g/mol. The van der Waals surface area contributed by atoms with Gasteiger partial charge in [-0.3, -0.25) is 4.90 Å². The van der Waals surface area contributed by atoms with Gasteiger partial charge >= 0.3 is 0 Å².